The number of ether oxygens (including phenoxy) is 1. The van der Waals surface area contributed by atoms with Gasteiger partial charge in [0.15, 0.2) is 0 Å². The fourth-order valence-electron chi connectivity index (χ4n) is 1.82. The third kappa shape index (κ3) is 2.98. The molecule has 0 aromatic heterocycles. The molecule has 2 atom stereocenters. The molecule has 13 heavy (non-hydrogen) atoms. The number of aliphatic hydroxyl groups is 1. The van der Waals surface area contributed by atoms with E-state index in [0.29, 0.717) is 19.4 Å². The van der Waals surface area contributed by atoms with Crippen molar-refractivity contribution in [1.82, 2.24) is 0 Å². The minimum atomic E-state index is -0.785. The summed E-state index contributed by atoms with van der Waals surface area (Å²) in [5.74, 6) is 0. The number of nitriles is 1. The first-order valence-corrected chi connectivity index (χ1v) is 4.91. The van der Waals surface area contributed by atoms with Crippen LogP contribution in [0.1, 0.15) is 39.0 Å². The van der Waals surface area contributed by atoms with Crippen molar-refractivity contribution >= 4 is 0 Å². The van der Waals surface area contributed by atoms with Crippen LogP contribution in [0, 0.1) is 11.3 Å². The van der Waals surface area contributed by atoms with Crippen molar-refractivity contribution in [2.45, 2.75) is 50.7 Å². The maximum atomic E-state index is 9.97. The SMILES string of the molecule is CCCC1CC(O)(CC#N)CCO1. The molecule has 74 valence electrons. The Morgan fingerprint density at radius 3 is 3.08 bits per heavy atom. The second-order valence-electron chi connectivity index (χ2n) is 3.79. The lowest BCUT2D eigenvalue weighted by atomic mass is 9.86. The lowest BCUT2D eigenvalue weighted by molar-refractivity contribution is -0.102. The molecule has 0 amide bonds. The van der Waals surface area contributed by atoms with E-state index in [0.717, 1.165) is 12.8 Å². The van der Waals surface area contributed by atoms with Gasteiger partial charge in [0.25, 0.3) is 0 Å². The Kier molecular flexibility index (Phi) is 3.71. The quantitative estimate of drug-likeness (QED) is 0.723. The summed E-state index contributed by atoms with van der Waals surface area (Å²) in [6.45, 7) is 2.68. The third-order valence-electron chi connectivity index (χ3n) is 2.55. The predicted molar refractivity (Wildman–Crippen MR) is 49.1 cm³/mol. The highest BCUT2D eigenvalue weighted by Gasteiger charge is 2.34. The lowest BCUT2D eigenvalue weighted by Crippen LogP contribution is -2.40. The van der Waals surface area contributed by atoms with Crippen molar-refractivity contribution < 1.29 is 9.84 Å². The van der Waals surface area contributed by atoms with Gasteiger partial charge in [-0.1, -0.05) is 13.3 Å². The van der Waals surface area contributed by atoms with Crippen LogP contribution in [0.2, 0.25) is 0 Å². The van der Waals surface area contributed by atoms with Crippen LogP contribution >= 0.6 is 0 Å². The molecule has 1 aliphatic rings. The van der Waals surface area contributed by atoms with Crippen molar-refractivity contribution in [2.75, 3.05) is 6.61 Å². The van der Waals surface area contributed by atoms with E-state index in [1.54, 1.807) is 0 Å². The molecule has 2 unspecified atom stereocenters. The molecular weight excluding hydrogens is 166 g/mol. The summed E-state index contributed by atoms with van der Waals surface area (Å²) >= 11 is 0. The Balaban J connectivity index is 2.45. The number of nitrogens with zero attached hydrogens (tertiary/aromatic N) is 1. The van der Waals surface area contributed by atoms with Gasteiger partial charge in [-0.2, -0.15) is 5.26 Å². The zero-order chi connectivity index (χ0) is 9.73. The van der Waals surface area contributed by atoms with Crippen molar-refractivity contribution in [3.05, 3.63) is 0 Å². The molecule has 3 nitrogen and oxygen atoms in total. The standard InChI is InChI=1S/C10H17NO2/c1-2-3-9-8-10(12,4-6-11)5-7-13-9/h9,12H,2-5,7-8H2,1H3. The van der Waals surface area contributed by atoms with Crippen LogP contribution in [0.4, 0.5) is 0 Å². The van der Waals surface area contributed by atoms with E-state index < -0.39 is 5.60 Å². The molecular formula is C10H17NO2. The van der Waals surface area contributed by atoms with E-state index in [2.05, 4.69) is 6.92 Å². The van der Waals surface area contributed by atoms with Crippen molar-refractivity contribution in [3.63, 3.8) is 0 Å². The van der Waals surface area contributed by atoms with E-state index >= 15 is 0 Å². The molecule has 0 saturated carbocycles. The van der Waals surface area contributed by atoms with Crippen LogP contribution in [0.15, 0.2) is 0 Å². The fourth-order valence-corrected chi connectivity index (χ4v) is 1.82. The first-order valence-electron chi connectivity index (χ1n) is 4.91. The molecule has 3 heteroatoms. The molecule has 0 spiro atoms. The van der Waals surface area contributed by atoms with E-state index in [4.69, 9.17) is 10.00 Å². The van der Waals surface area contributed by atoms with Crippen LogP contribution < -0.4 is 0 Å². The Hall–Kier alpha value is -0.590. The Bertz CT molecular complexity index is 198. The highest BCUT2D eigenvalue weighted by Crippen LogP contribution is 2.29. The van der Waals surface area contributed by atoms with Crippen LogP contribution in [0.5, 0.6) is 0 Å². The number of rotatable bonds is 3. The van der Waals surface area contributed by atoms with Gasteiger partial charge in [0.05, 0.1) is 24.2 Å². The maximum absolute atomic E-state index is 9.97. The van der Waals surface area contributed by atoms with Gasteiger partial charge in [0.2, 0.25) is 0 Å². The average molecular weight is 183 g/mol. The van der Waals surface area contributed by atoms with Crippen molar-refractivity contribution in [2.24, 2.45) is 0 Å². The fraction of sp³-hybridized carbons (Fsp3) is 0.900. The molecule has 1 fully saturated rings. The average Bonchev–Trinajstić information content (AvgIpc) is 2.04. The van der Waals surface area contributed by atoms with Gasteiger partial charge in [-0.15, -0.1) is 0 Å². The normalized spacial score (nSPS) is 34.1. The zero-order valence-electron chi connectivity index (χ0n) is 8.12. The van der Waals surface area contributed by atoms with Gasteiger partial charge in [-0.25, -0.2) is 0 Å². The zero-order valence-corrected chi connectivity index (χ0v) is 8.12. The predicted octanol–water partition coefficient (Wildman–Crippen LogP) is 1.61. The third-order valence-corrected chi connectivity index (χ3v) is 2.55. The van der Waals surface area contributed by atoms with Gasteiger partial charge in [-0.05, 0) is 6.42 Å². The second-order valence-corrected chi connectivity index (χ2v) is 3.79. The van der Waals surface area contributed by atoms with Gasteiger partial charge < -0.3 is 9.84 Å². The molecule has 0 aliphatic carbocycles. The molecule has 1 saturated heterocycles. The van der Waals surface area contributed by atoms with Crippen molar-refractivity contribution in [3.8, 4) is 6.07 Å². The van der Waals surface area contributed by atoms with Gasteiger partial charge in [0.1, 0.15) is 0 Å². The topological polar surface area (TPSA) is 53.2 Å². The molecule has 0 bridgehead atoms. The maximum Gasteiger partial charge on any atom is 0.0823 e. The second kappa shape index (κ2) is 4.59. The summed E-state index contributed by atoms with van der Waals surface area (Å²) in [5.41, 5.74) is -0.785. The molecule has 0 aromatic rings. The summed E-state index contributed by atoms with van der Waals surface area (Å²) in [4.78, 5) is 0. The smallest absolute Gasteiger partial charge is 0.0823 e. The van der Waals surface area contributed by atoms with Crippen LogP contribution in [0.25, 0.3) is 0 Å². The molecule has 0 radical (unpaired) electrons. The first-order chi connectivity index (χ1) is 6.20. The summed E-state index contributed by atoms with van der Waals surface area (Å²) in [5, 5.41) is 18.5. The van der Waals surface area contributed by atoms with Crippen LogP contribution in [0.3, 0.4) is 0 Å². The summed E-state index contributed by atoms with van der Waals surface area (Å²) in [6, 6.07) is 2.04. The largest absolute Gasteiger partial charge is 0.389 e. The Morgan fingerprint density at radius 1 is 1.69 bits per heavy atom. The van der Waals surface area contributed by atoms with E-state index in [1.165, 1.54) is 0 Å². The van der Waals surface area contributed by atoms with Crippen molar-refractivity contribution in [1.29, 1.82) is 5.26 Å². The van der Waals surface area contributed by atoms with Gasteiger partial charge in [0, 0.05) is 19.4 Å². The number of hydrogen-bond donors (Lipinski definition) is 1. The van der Waals surface area contributed by atoms with Crippen LogP contribution in [-0.4, -0.2) is 23.4 Å². The number of hydrogen-bond acceptors (Lipinski definition) is 3. The Morgan fingerprint density at radius 2 is 2.46 bits per heavy atom. The van der Waals surface area contributed by atoms with E-state index in [1.807, 2.05) is 6.07 Å². The molecule has 1 rings (SSSR count). The van der Waals surface area contributed by atoms with Gasteiger partial charge in [-0.3, -0.25) is 0 Å². The molecule has 1 aliphatic heterocycles. The molecule has 1 N–H and O–H groups in total. The highest BCUT2D eigenvalue weighted by atomic mass is 16.5. The summed E-state index contributed by atoms with van der Waals surface area (Å²) in [7, 11) is 0. The minimum Gasteiger partial charge on any atom is -0.389 e. The van der Waals surface area contributed by atoms with E-state index in [9.17, 15) is 5.11 Å². The first kappa shape index (κ1) is 10.5. The molecule has 0 aromatic carbocycles. The summed E-state index contributed by atoms with van der Waals surface area (Å²) < 4.78 is 5.49. The molecule has 1 heterocycles. The van der Waals surface area contributed by atoms with E-state index in [-0.39, 0.29) is 12.5 Å². The summed E-state index contributed by atoms with van der Waals surface area (Å²) in [6.07, 6.45) is 3.64. The van der Waals surface area contributed by atoms with Gasteiger partial charge >= 0.3 is 0 Å². The highest BCUT2D eigenvalue weighted by molar-refractivity contribution is 4.92. The van der Waals surface area contributed by atoms with Crippen LogP contribution in [-0.2, 0) is 4.74 Å². The monoisotopic (exact) mass is 183 g/mol. The minimum absolute atomic E-state index is 0.150. The lowest BCUT2D eigenvalue weighted by Gasteiger charge is -2.35. The Labute approximate surface area is 79.3 Å².